The topological polar surface area (TPSA) is 64.8 Å². The van der Waals surface area contributed by atoms with Gasteiger partial charge in [-0.25, -0.2) is 0 Å². The molecule has 2 N–H and O–H groups in total. The van der Waals surface area contributed by atoms with Gasteiger partial charge in [-0.3, -0.25) is 4.79 Å². The van der Waals surface area contributed by atoms with Gasteiger partial charge in [-0.1, -0.05) is 18.2 Å². The zero-order valence-corrected chi connectivity index (χ0v) is 16.4. The highest BCUT2D eigenvalue weighted by atomic mass is 16.5. The molecule has 148 valence electrons. The summed E-state index contributed by atoms with van der Waals surface area (Å²) in [4.78, 5) is 14.5. The fraction of sp³-hybridized carbons (Fsp3) is 0.435. The molecule has 28 heavy (non-hydrogen) atoms. The summed E-state index contributed by atoms with van der Waals surface area (Å²) in [6.07, 6.45) is 5.46. The molecule has 1 aliphatic heterocycles. The molecule has 1 heterocycles. The lowest BCUT2D eigenvalue weighted by Gasteiger charge is -2.19. The standard InChI is InChI=1S/C23H28N2O3/c1-27-21-11-8-17(12-22(21)28-20-4-2-3-5-20)18-13-23(26)25(15-18)14-16-6-9-19(24)10-7-16/h6-12,18,20H,2-5,13-15,24H2,1H3/t18-/m1/s1. The molecule has 1 saturated heterocycles. The van der Waals surface area contributed by atoms with Gasteiger partial charge in [0.15, 0.2) is 11.5 Å². The maximum absolute atomic E-state index is 12.6. The first-order valence-corrected chi connectivity index (χ1v) is 10.1. The molecule has 2 fully saturated rings. The quantitative estimate of drug-likeness (QED) is 0.766. The highest BCUT2D eigenvalue weighted by Gasteiger charge is 2.31. The van der Waals surface area contributed by atoms with Crippen molar-refractivity contribution < 1.29 is 14.3 Å². The molecule has 2 aromatic carbocycles. The van der Waals surface area contributed by atoms with Gasteiger partial charge in [-0.2, -0.15) is 0 Å². The number of nitrogen functional groups attached to an aromatic ring is 1. The monoisotopic (exact) mass is 380 g/mol. The van der Waals surface area contributed by atoms with E-state index in [4.69, 9.17) is 15.2 Å². The lowest BCUT2D eigenvalue weighted by atomic mass is 9.98. The molecular weight excluding hydrogens is 352 g/mol. The Hall–Kier alpha value is -2.69. The molecule has 0 aromatic heterocycles. The van der Waals surface area contributed by atoms with E-state index in [1.54, 1.807) is 7.11 Å². The first-order chi connectivity index (χ1) is 13.6. The van der Waals surface area contributed by atoms with Gasteiger partial charge in [-0.05, 0) is 61.1 Å². The molecule has 5 heteroatoms. The maximum atomic E-state index is 12.6. The number of carbonyl (C=O) groups is 1. The second kappa shape index (κ2) is 8.13. The lowest BCUT2D eigenvalue weighted by molar-refractivity contribution is -0.128. The van der Waals surface area contributed by atoms with Gasteiger partial charge < -0.3 is 20.1 Å². The van der Waals surface area contributed by atoms with Crippen LogP contribution in [0.15, 0.2) is 42.5 Å². The van der Waals surface area contributed by atoms with Crippen LogP contribution in [-0.2, 0) is 11.3 Å². The predicted octanol–water partition coefficient (Wildman–Crippen LogP) is 4.11. The van der Waals surface area contributed by atoms with E-state index in [9.17, 15) is 4.79 Å². The average Bonchev–Trinajstić information content (AvgIpc) is 3.34. The van der Waals surface area contributed by atoms with Crippen LogP contribution in [0.25, 0.3) is 0 Å². The van der Waals surface area contributed by atoms with E-state index in [1.807, 2.05) is 35.2 Å². The molecule has 1 saturated carbocycles. The van der Waals surface area contributed by atoms with E-state index in [-0.39, 0.29) is 17.9 Å². The van der Waals surface area contributed by atoms with Crippen molar-refractivity contribution in [3.8, 4) is 11.5 Å². The summed E-state index contributed by atoms with van der Waals surface area (Å²) in [5.74, 6) is 1.93. The normalized spacial score (nSPS) is 20.0. The number of carbonyl (C=O) groups excluding carboxylic acids is 1. The van der Waals surface area contributed by atoms with Crippen LogP contribution in [0.2, 0.25) is 0 Å². The van der Waals surface area contributed by atoms with Gasteiger partial charge in [0.2, 0.25) is 5.91 Å². The van der Waals surface area contributed by atoms with Crippen LogP contribution in [0.3, 0.4) is 0 Å². The molecule has 5 nitrogen and oxygen atoms in total. The largest absolute Gasteiger partial charge is 0.493 e. The molecule has 0 bridgehead atoms. The summed E-state index contributed by atoms with van der Waals surface area (Å²) < 4.78 is 11.7. The third-order valence-corrected chi connectivity index (χ3v) is 5.82. The Bertz CT molecular complexity index is 828. The number of hydrogen-bond acceptors (Lipinski definition) is 4. The van der Waals surface area contributed by atoms with Gasteiger partial charge in [-0.15, -0.1) is 0 Å². The summed E-state index contributed by atoms with van der Waals surface area (Å²) in [6.45, 7) is 1.34. The van der Waals surface area contributed by atoms with E-state index < -0.39 is 0 Å². The van der Waals surface area contributed by atoms with Crippen LogP contribution in [0.5, 0.6) is 11.5 Å². The Kier molecular flexibility index (Phi) is 5.42. The van der Waals surface area contributed by atoms with E-state index in [0.717, 1.165) is 47.7 Å². The number of nitrogens with zero attached hydrogens (tertiary/aromatic N) is 1. The minimum atomic E-state index is 0.179. The fourth-order valence-electron chi connectivity index (χ4n) is 4.22. The molecule has 2 aliphatic rings. The zero-order valence-electron chi connectivity index (χ0n) is 16.4. The molecule has 4 rings (SSSR count). The number of nitrogens with two attached hydrogens (primary N) is 1. The zero-order chi connectivity index (χ0) is 19.5. The number of anilines is 1. The van der Waals surface area contributed by atoms with Crippen molar-refractivity contribution in [2.24, 2.45) is 0 Å². The van der Waals surface area contributed by atoms with Crippen molar-refractivity contribution in [2.75, 3.05) is 19.4 Å². The summed E-state index contributed by atoms with van der Waals surface area (Å²) in [7, 11) is 1.67. The first-order valence-electron chi connectivity index (χ1n) is 10.1. The molecule has 1 amide bonds. The number of amides is 1. The molecule has 1 atom stereocenters. The molecule has 2 aromatic rings. The Morgan fingerprint density at radius 3 is 2.54 bits per heavy atom. The summed E-state index contributed by atoms with van der Waals surface area (Å²) >= 11 is 0. The lowest BCUT2D eigenvalue weighted by Crippen LogP contribution is -2.24. The van der Waals surface area contributed by atoms with Crippen LogP contribution in [0, 0.1) is 0 Å². The second-order valence-corrected chi connectivity index (χ2v) is 7.85. The van der Waals surface area contributed by atoms with Crippen molar-refractivity contribution in [1.82, 2.24) is 4.90 Å². The van der Waals surface area contributed by atoms with Crippen molar-refractivity contribution in [3.05, 3.63) is 53.6 Å². The molecular formula is C23H28N2O3. The number of likely N-dealkylation sites (tertiary alicyclic amines) is 1. The van der Waals surface area contributed by atoms with Crippen LogP contribution in [-0.4, -0.2) is 30.6 Å². The van der Waals surface area contributed by atoms with E-state index in [0.29, 0.717) is 13.0 Å². The molecule has 0 radical (unpaired) electrons. The smallest absolute Gasteiger partial charge is 0.223 e. The highest BCUT2D eigenvalue weighted by molar-refractivity contribution is 5.80. The van der Waals surface area contributed by atoms with Crippen LogP contribution in [0.1, 0.15) is 49.1 Å². The van der Waals surface area contributed by atoms with Gasteiger partial charge in [0.05, 0.1) is 13.2 Å². The minimum absolute atomic E-state index is 0.179. The second-order valence-electron chi connectivity index (χ2n) is 7.85. The number of methoxy groups -OCH3 is 1. The van der Waals surface area contributed by atoms with Crippen LogP contribution in [0.4, 0.5) is 5.69 Å². The van der Waals surface area contributed by atoms with Crippen molar-refractivity contribution in [1.29, 1.82) is 0 Å². The number of ether oxygens (including phenoxy) is 2. The van der Waals surface area contributed by atoms with Crippen LogP contribution < -0.4 is 15.2 Å². The molecule has 1 aliphatic carbocycles. The SMILES string of the molecule is COc1ccc([C@@H]2CC(=O)N(Cc3ccc(N)cc3)C2)cc1OC1CCCC1. The average molecular weight is 380 g/mol. The third-order valence-electron chi connectivity index (χ3n) is 5.82. The number of rotatable bonds is 6. The summed E-state index contributed by atoms with van der Waals surface area (Å²) in [5, 5.41) is 0. The van der Waals surface area contributed by atoms with Crippen molar-refractivity contribution in [3.63, 3.8) is 0 Å². The number of hydrogen-bond donors (Lipinski definition) is 1. The van der Waals surface area contributed by atoms with Gasteiger partial charge in [0.25, 0.3) is 0 Å². The van der Waals surface area contributed by atoms with E-state index >= 15 is 0 Å². The predicted molar refractivity (Wildman–Crippen MR) is 110 cm³/mol. The van der Waals surface area contributed by atoms with E-state index in [1.165, 1.54) is 12.8 Å². The summed E-state index contributed by atoms with van der Waals surface area (Å²) in [6, 6.07) is 13.8. The van der Waals surface area contributed by atoms with E-state index in [2.05, 4.69) is 12.1 Å². The van der Waals surface area contributed by atoms with Crippen molar-refractivity contribution in [2.45, 2.75) is 50.7 Å². The summed E-state index contributed by atoms with van der Waals surface area (Å²) in [5.41, 5.74) is 8.73. The van der Waals surface area contributed by atoms with Gasteiger partial charge in [0, 0.05) is 31.1 Å². The first kappa shape index (κ1) is 18.7. The molecule has 0 spiro atoms. The maximum Gasteiger partial charge on any atom is 0.223 e. The van der Waals surface area contributed by atoms with Crippen molar-refractivity contribution >= 4 is 11.6 Å². The molecule has 0 unspecified atom stereocenters. The number of benzene rings is 2. The van der Waals surface area contributed by atoms with Crippen LogP contribution >= 0.6 is 0 Å². The fourth-order valence-corrected chi connectivity index (χ4v) is 4.22. The Morgan fingerprint density at radius 2 is 1.82 bits per heavy atom. The van der Waals surface area contributed by atoms with Gasteiger partial charge >= 0.3 is 0 Å². The van der Waals surface area contributed by atoms with Gasteiger partial charge in [0.1, 0.15) is 0 Å². The third kappa shape index (κ3) is 4.08. The minimum Gasteiger partial charge on any atom is -0.493 e. The highest BCUT2D eigenvalue weighted by Crippen LogP contribution is 2.37. The Balaban J connectivity index is 1.47. The Morgan fingerprint density at radius 1 is 1.07 bits per heavy atom. The Labute approximate surface area is 166 Å².